The summed E-state index contributed by atoms with van der Waals surface area (Å²) in [6.07, 6.45) is 1.15. The van der Waals surface area contributed by atoms with Crippen LogP contribution in [0.4, 0.5) is 8.78 Å². The van der Waals surface area contributed by atoms with Crippen LogP contribution in [0, 0.1) is 11.8 Å². The van der Waals surface area contributed by atoms with Gasteiger partial charge in [-0.2, -0.15) is 8.78 Å². The molecule has 0 atom stereocenters. The first-order valence-electron chi connectivity index (χ1n) is 6.67. The monoisotopic (exact) mass is 335 g/mol. The highest BCUT2D eigenvalue weighted by Crippen LogP contribution is 2.30. The molecule has 1 rings (SSSR count). The van der Waals surface area contributed by atoms with Gasteiger partial charge in [-0.15, -0.1) is 0 Å². The lowest BCUT2D eigenvalue weighted by molar-refractivity contribution is -0.132. The number of aliphatic hydroxyl groups is 1. The molecule has 0 saturated carbocycles. The van der Waals surface area contributed by atoms with Crippen molar-refractivity contribution in [3.8, 4) is 17.6 Å². The molecule has 0 aromatic heterocycles. The van der Waals surface area contributed by atoms with E-state index in [-0.39, 0.29) is 28.2 Å². The normalized spacial score (nSPS) is 12.1. The number of hydrogen-bond donors (Lipinski definition) is 2. The van der Waals surface area contributed by atoms with Gasteiger partial charge in [0.25, 0.3) is 0 Å². The zero-order valence-electron chi connectivity index (χ0n) is 12.8. The highest BCUT2D eigenvalue weighted by molar-refractivity contribution is 5.99. The lowest BCUT2D eigenvalue weighted by Crippen LogP contribution is -2.06. The molecule has 1 aromatic carbocycles. The second-order valence-corrected chi connectivity index (χ2v) is 4.37. The van der Waals surface area contributed by atoms with Gasteiger partial charge in [-0.25, -0.2) is 4.79 Å². The smallest absolute Gasteiger partial charge is 0.387 e. The molecule has 0 radical (unpaired) electrons. The van der Waals surface area contributed by atoms with E-state index >= 15 is 0 Å². The lowest BCUT2D eigenvalue weighted by atomic mass is 9.99. The topological polar surface area (TPSA) is 79.1 Å². The summed E-state index contributed by atoms with van der Waals surface area (Å²) in [4.78, 5) is 15.1. The van der Waals surface area contributed by atoms with E-state index in [4.69, 9.17) is 5.11 Å². The average Bonchev–Trinajstić information content (AvgIpc) is 2.54. The van der Waals surface area contributed by atoms with Crippen LogP contribution in [0.5, 0.6) is 5.75 Å². The molecule has 0 aliphatic rings. The first kappa shape index (κ1) is 19.1. The number of allylic oxidation sites excluding steroid dienone is 2. The van der Waals surface area contributed by atoms with E-state index in [1.165, 1.54) is 25.1 Å². The third kappa shape index (κ3) is 5.34. The van der Waals surface area contributed by atoms with Crippen LogP contribution < -0.4 is 4.74 Å². The molecule has 0 aliphatic carbocycles. The van der Waals surface area contributed by atoms with Gasteiger partial charge in [-0.3, -0.25) is 4.99 Å². The van der Waals surface area contributed by atoms with Crippen LogP contribution in [0.25, 0.3) is 5.57 Å². The number of hydrogen-bond acceptors (Lipinski definition) is 4. The largest absolute Gasteiger partial charge is 0.478 e. The van der Waals surface area contributed by atoms with Crippen LogP contribution in [0.2, 0.25) is 0 Å². The molecule has 0 amide bonds. The summed E-state index contributed by atoms with van der Waals surface area (Å²) in [5, 5.41) is 18.1. The van der Waals surface area contributed by atoms with Crippen LogP contribution >= 0.6 is 0 Å². The van der Waals surface area contributed by atoms with Crippen molar-refractivity contribution in [2.45, 2.75) is 13.5 Å². The van der Waals surface area contributed by atoms with E-state index in [1.54, 1.807) is 6.07 Å². The Morgan fingerprint density at radius 2 is 2.12 bits per heavy atom. The number of aliphatic imine (C=N–C) groups is 1. The predicted molar refractivity (Wildman–Crippen MR) is 85.8 cm³/mol. The maximum Gasteiger partial charge on any atom is 0.387 e. The number of carboxylic acid groups (broad SMARTS) is 1. The summed E-state index contributed by atoms with van der Waals surface area (Å²) in [7, 11) is 0. The predicted octanol–water partition coefficient (Wildman–Crippen LogP) is 2.73. The highest BCUT2D eigenvalue weighted by Gasteiger charge is 2.16. The summed E-state index contributed by atoms with van der Waals surface area (Å²) in [5.74, 6) is 3.32. The minimum Gasteiger partial charge on any atom is -0.478 e. The minimum absolute atomic E-state index is 0.0214. The molecule has 5 nitrogen and oxygen atoms in total. The van der Waals surface area contributed by atoms with E-state index in [2.05, 4.69) is 28.3 Å². The van der Waals surface area contributed by atoms with Crippen LogP contribution in [0.3, 0.4) is 0 Å². The van der Waals surface area contributed by atoms with Crippen LogP contribution in [-0.4, -0.2) is 36.1 Å². The maximum absolute atomic E-state index is 12.5. The Balaban J connectivity index is 3.49. The quantitative estimate of drug-likeness (QED) is 0.363. The van der Waals surface area contributed by atoms with Gasteiger partial charge in [0.2, 0.25) is 0 Å². The summed E-state index contributed by atoms with van der Waals surface area (Å²) in [6.45, 7) is 1.26. The van der Waals surface area contributed by atoms with Crippen molar-refractivity contribution in [2.75, 3.05) is 6.61 Å². The summed E-state index contributed by atoms with van der Waals surface area (Å²) in [6, 6.07) is 5.84. The molecule has 2 N–H and O–H groups in total. The molecule has 7 heteroatoms. The van der Waals surface area contributed by atoms with Gasteiger partial charge in [-0.1, -0.05) is 24.1 Å². The van der Waals surface area contributed by atoms with Crippen molar-refractivity contribution in [2.24, 2.45) is 4.99 Å². The first-order valence-corrected chi connectivity index (χ1v) is 6.67. The third-order valence-corrected chi connectivity index (χ3v) is 2.89. The van der Waals surface area contributed by atoms with E-state index in [1.807, 2.05) is 0 Å². The van der Waals surface area contributed by atoms with Crippen molar-refractivity contribution in [1.82, 2.24) is 0 Å². The number of rotatable bonds is 6. The van der Waals surface area contributed by atoms with Crippen molar-refractivity contribution in [1.29, 1.82) is 0 Å². The number of ether oxygens (including phenoxy) is 1. The number of alkyl halides is 2. The Kier molecular flexibility index (Phi) is 7.33. The molecule has 24 heavy (non-hydrogen) atoms. The van der Waals surface area contributed by atoms with Crippen molar-refractivity contribution >= 4 is 18.3 Å². The van der Waals surface area contributed by atoms with Gasteiger partial charge in [-0.05, 0) is 37.3 Å². The van der Waals surface area contributed by atoms with E-state index in [0.29, 0.717) is 0 Å². The number of halogens is 2. The molecular weight excluding hydrogens is 320 g/mol. The van der Waals surface area contributed by atoms with Gasteiger partial charge >= 0.3 is 12.6 Å². The molecule has 0 spiro atoms. The van der Waals surface area contributed by atoms with Crippen molar-refractivity contribution in [3.63, 3.8) is 0 Å². The lowest BCUT2D eigenvalue weighted by Gasteiger charge is -2.12. The fraction of sp³-hybridized carbons (Fsp3) is 0.176. The Labute approximate surface area is 137 Å². The van der Waals surface area contributed by atoms with Gasteiger partial charge in [0.05, 0.1) is 5.57 Å². The standard InChI is InChI=1S/C17H15F2NO4/c1-11(13-7-3-4-8-15(13)24-17(18)19)14(16(22)23)10-12(20-2)6-5-9-21/h3-4,7-8,10,17,21H,2,9H2,1H3,(H,22,23)/b12-10-,14-11-. The third-order valence-electron chi connectivity index (χ3n) is 2.89. The van der Waals surface area contributed by atoms with Crippen LogP contribution in [0.15, 0.2) is 46.6 Å². The molecule has 0 fully saturated rings. The number of nitrogens with zero attached hydrogens (tertiary/aromatic N) is 1. The Bertz CT molecular complexity index is 742. The number of carbonyl (C=O) groups is 1. The second kappa shape index (κ2) is 9.22. The summed E-state index contributed by atoms with van der Waals surface area (Å²) in [5.41, 5.74) is 0.193. The second-order valence-electron chi connectivity index (χ2n) is 4.37. The van der Waals surface area contributed by atoms with Gasteiger partial charge in [0.15, 0.2) is 0 Å². The number of carboxylic acids is 1. The molecule has 126 valence electrons. The fourth-order valence-electron chi connectivity index (χ4n) is 1.84. The fourth-order valence-corrected chi connectivity index (χ4v) is 1.84. The Hall–Kier alpha value is -2.98. The zero-order chi connectivity index (χ0) is 18.1. The number of aliphatic hydroxyl groups excluding tert-OH is 1. The molecule has 1 aromatic rings. The molecular formula is C17H15F2NO4. The summed E-state index contributed by atoms with van der Waals surface area (Å²) >= 11 is 0. The Morgan fingerprint density at radius 3 is 2.67 bits per heavy atom. The van der Waals surface area contributed by atoms with Crippen molar-refractivity contribution < 1.29 is 28.5 Å². The molecule has 0 aliphatic heterocycles. The number of benzene rings is 1. The van der Waals surface area contributed by atoms with E-state index in [9.17, 15) is 18.7 Å². The van der Waals surface area contributed by atoms with Crippen molar-refractivity contribution in [3.05, 3.63) is 47.2 Å². The highest BCUT2D eigenvalue weighted by atomic mass is 19.3. The van der Waals surface area contributed by atoms with E-state index < -0.39 is 19.2 Å². The van der Waals surface area contributed by atoms with E-state index in [0.717, 1.165) is 6.08 Å². The molecule has 0 saturated heterocycles. The zero-order valence-corrected chi connectivity index (χ0v) is 12.8. The maximum atomic E-state index is 12.5. The van der Waals surface area contributed by atoms with Gasteiger partial charge in [0.1, 0.15) is 18.1 Å². The van der Waals surface area contributed by atoms with Crippen LogP contribution in [0.1, 0.15) is 12.5 Å². The molecule has 0 unspecified atom stereocenters. The average molecular weight is 335 g/mol. The number of para-hydroxylation sites is 1. The minimum atomic E-state index is -3.04. The molecule has 0 bridgehead atoms. The Morgan fingerprint density at radius 1 is 1.46 bits per heavy atom. The van der Waals surface area contributed by atoms with Crippen LogP contribution in [-0.2, 0) is 4.79 Å². The first-order chi connectivity index (χ1) is 11.4. The van der Waals surface area contributed by atoms with Gasteiger partial charge < -0.3 is 14.9 Å². The SMILES string of the molecule is C=N/C(C#CCO)=C\C(C(=O)O)=C(/C)c1ccccc1OC(F)F. The molecule has 0 heterocycles. The summed E-state index contributed by atoms with van der Waals surface area (Å²) < 4.78 is 29.4. The number of aliphatic carboxylic acids is 1. The van der Waals surface area contributed by atoms with Gasteiger partial charge in [0, 0.05) is 5.56 Å².